The van der Waals surface area contributed by atoms with Crippen molar-refractivity contribution in [1.82, 2.24) is 10.3 Å². The van der Waals surface area contributed by atoms with Crippen molar-refractivity contribution in [2.45, 2.75) is 39.2 Å². The number of anilines is 1. The standard InChI is InChI=1S/C14H21N3O3/c1-14(2,3)20-13(19)16-9-5-7-12(18)17-11-6-4-8-15-10-11/h4,6,8,10H,5,7,9H2,1-3H3,(H,16,19)(H,17,18). The van der Waals surface area contributed by atoms with E-state index in [4.69, 9.17) is 4.74 Å². The molecule has 110 valence electrons. The van der Waals surface area contributed by atoms with Crippen LogP contribution in [0.5, 0.6) is 0 Å². The number of hydrogen-bond acceptors (Lipinski definition) is 4. The van der Waals surface area contributed by atoms with E-state index >= 15 is 0 Å². The summed E-state index contributed by atoms with van der Waals surface area (Å²) in [5.74, 6) is -0.107. The minimum absolute atomic E-state index is 0.107. The van der Waals surface area contributed by atoms with E-state index in [0.29, 0.717) is 25.1 Å². The molecule has 0 saturated carbocycles. The molecule has 2 N–H and O–H groups in total. The molecule has 0 unspecified atom stereocenters. The number of hydrogen-bond donors (Lipinski definition) is 2. The van der Waals surface area contributed by atoms with Gasteiger partial charge in [0.05, 0.1) is 11.9 Å². The normalized spacial score (nSPS) is 10.8. The number of rotatable bonds is 5. The van der Waals surface area contributed by atoms with Crippen LogP contribution >= 0.6 is 0 Å². The summed E-state index contributed by atoms with van der Waals surface area (Å²) in [5, 5.41) is 5.33. The molecule has 0 saturated heterocycles. The molecule has 2 amide bonds. The van der Waals surface area contributed by atoms with Gasteiger partial charge in [0.1, 0.15) is 5.60 Å². The fraction of sp³-hybridized carbons (Fsp3) is 0.500. The Balaban J connectivity index is 2.15. The van der Waals surface area contributed by atoms with Crippen LogP contribution in [0.25, 0.3) is 0 Å². The Hall–Kier alpha value is -2.11. The molecule has 1 aromatic rings. The zero-order chi connectivity index (χ0) is 15.0. The fourth-order valence-electron chi connectivity index (χ4n) is 1.41. The average molecular weight is 279 g/mol. The first kappa shape index (κ1) is 15.9. The van der Waals surface area contributed by atoms with E-state index in [9.17, 15) is 9.59 Å². The van der Waals surface area contributed by atoms with Crippen LogP contribution < -0.4 is 10.6 Å². The van der Waals surface area contributed by atoms with Crippen LogP contribution in [0.2, 0.25) is 0 Å². The summed E-state index contributed by atoms with van der Waals surface area (Å²) in [5.41, 5.74) is 0.152. The molecule has 0 radical (unpaired) electrons. The molecule has 1 rings (SSSR count). The van der Waals surface area contributed by atoms with Crippen LogP contribution in [0.4, 0.5) is 10.5 Å². The Labute approximate surface area is 118 Å². The first-order chi connectivity index (χ1) is 9.37. The van der Waals surface area contributed by atoms with Gasteiger partial charge in [-0.15, -0.1) is 0 Å². The molecule has 0 atom stereocenters. The van der Waals surface area contributed by atoms with E-state index < -0.39 is 11.7 Å². The Bertz CT molecular complexity index is 441. The summed E-state index contributed by atoms with van der Waals surface area (Å²) in [4.78, 5) is 26.9. The molecular formula is C14H21N3O3. The lowest BCUT2D eigenvalue weighted by Gasteiger charge is -2.19. The molecule has 0 aliphatic heterocycles. The van der Waals surface area contributed by atoms with Crippen molar-refractivity contribution in [2.24, 2.45) is 0 Å². The lowest BCUT2D eigenvalue weighted by molar-refractivity contribution is -0.116. The highest BCUT2D eigenvalue weighted by atomic mass is 16.6. The molecule has 1 aromatic heterocycles. The van der Waals surface area contributed by atoms with Crippen LogP contribution in [0, 0.1) is 0 Å². The highest BCUT2D eigenvalue weighted by Gasteiger charge is 2.15. The predicted octanol–water partition coefficient (Wildman–Crippen LogP) is 2.33. The van der Waals surface area contributed by atoms with Crippen molar-refractivity contribution in [3.63, 3.8) is 0 Å². The Morgan fingerprint density at radius 1 is 1.35 bits per heavy atom. The van der Waals surface area contributed by atoms with Crippen LogP contribution in [0.15, 0.2) is 24.5 Å². The summed E-state index contributed by atoms with van der Waals surface area (Å²) < 4.78 is 5.08. The van der Waals surface area contributed by atoms with E-state index in [2.05, 4.69) is 15.6 Å². The number of carbonyl (C=O) groups is 2. The van der Waals surface area contributed by atoms with E-state index in [1.54, 1.807) is 45.3 Å². The second-order valence-electron chi connectivity index (χ2n) is 5.32. The molecule has 0 aromatic carbocycles. The maximum Gasteiger partial charge on any atom is 0.407 e. The van der Waals surface area contributed by atoms with Gasteiger partial charge in [-0.05, 0) is 39.3 Å². The molecule has 0 bridgehead atoms. The number of nitrogens with one attached hydrogen (secondary N) is 2. The highest BCUT2D eigenvalue weighted by Crippen LogP contribution is 2.06. The maximum atomic E-state index is 11.6. The molecule has 0 aliphatic rings. The summed E-state index contributed by atoms with van der Waals surface area (Å²) in [6.07, 6.45) is 3.62. The summed E-state index contributed by atoms with van der Waals surface area (Å²) in [6, 6.07) is 3.52. The van der Waals surface area contributed by atoms with Crippen molar-refractivity contribution in [3.8, 4) is 0 Å². The zero-order valence-corrected chi connectivity index (χ0v) is 12.1. The molecule has 6 nitrogen and oxygen atoms in total. The van der Waals surface area contributed by atoms with Gasteiger partial charge in [-0.25, -0.2) is 4.79 Å². The largest absolute Gasteiger partial charge is 0.444 e. The van der Waals surface area contributed by atoms with Gasteiger partial charge in [0.25, 0.3) is 0 Å². The van der Waals surface area contributed by atoms with E-state index in [-0.39, 0.29) is 5.91 Å². The van der Waals surface area contributed by atoms with Gasteiger partial charge >= 0.3 is 6.09 Å². The molecule has 1 heterocycles. The smallest absolute Gasteiger partial charge is 0.407 e. The third-order valence-corrected chi connectivity index (χ3v) is 2.19. The second kappa shape index (κ2) is 7.47. The fourth-order valence-corrected chi connectivity index (χ4v) is 1.41. The van der Waals surface area contributed by atoms with Crippen LogP contribution in [0.1, 0.15) is 33.6 Å². The topological polar surface area (TPSA) is 80.3 Å². The molecule has 6 heteroatoms. The molecule has 0 spiro atoms. The lowest BCUT2D eigenvalue weighted by atomic mass is 10.2. The van der Waals surface area contributed by atoms with Crippen LogP contribution in [0.3, 0.4) is 0 Å². The van der Waals surface area contributed by atoms with Crippen LogP contribution in [-0.4, -0.2) is 29.1 Å². The lowest BCUT2D eigenvalue weighted by Crippen LogP contribution is -2.33. The number of nitrogens with zero attached hydrogens (tertiary/aromatic N) is 1. The first-order valence-corrected chi connectivity index (χ1v) is 6.53. The van der Waals surface area contributed by atoms with Crippen molar-refractivity contribution >= 4 is 17.7 Å². The Morgan fingerprint density at radius 2 is 2.10 bits per heavy atom. The Morgan fingerprint density at radius 3 is 2.70 bits per heavy atom. The number of aromatic nitrogens is 1. The van der Waals surface area contributed by atoms with Gasteiger partial charge in [0.15, 0.2) is 0 Å². The average Bonchev–Trinajstić information content (AvgIpc) is 2.34. The minimum Gasteiger partial charge on any atom is -0.444 e. The molecular weight excluding hydrogens is 258 g/mol. The third-order valence-electron chi connectivity index (χ3n) is 2.19. The number of alkyl carbamates (subject to hydrolysis) is 1. The van der Waals surface area contributed by atoms with Gasteiger partial charge in [0, 0.05) is 19.2 Å². The molecule has 0 aliphatic carbocycles. The zero-order valence-electron chi connectivity index (χ0n) is 12.1. The van der Waals surface area contributed by atoms with Crippen molar-refractivity contribution < 1.29 is 14.3 Å². The van der Waals surface area contributed by atoms with E-state index in [1.165, 1.54) is 0 Å². The predicted molar refractivity (Wildman–Crippen MR) is 76.3 cm³/mol. The summed E-state index contributed by atoms with van der Waals surface area (Å²) in [7, 11) is 0. The quantitative estimate of drug-likeness (QED) is 0.811. The molecule has 0 fully saturated rings. The number of carbonyl (C=O) groups excluding carboxylic acids is 2. The van der Waals surface area contributed by atoms with Crippen molar-refractivity contribution in [1.29, 1.82) is 0 Å². The van der Waals surface area contributed by atoms with Crippen molar-refractivity contribution in [3.05, 3.63) is 24.5 Å². The van der Waals surface area contributed by atoms with Gasteiger partial charge in [-0.3, -0.25) is 9.78 Å². The van der Waals surface area contributed by atoms with Gasteiger partial charge in [0.2, 0.25) is 5.91 Å². The summed E-state index contributed by atoms with van der Waals surface area (Å²) >= 11 is 0. The van der Waals surface area contributed by atoms with Gasteiger partial charge < -0.3 is 15.4 Å². The second-order valence-corrected chi connectivity index (χ2v) is 5.32. The SMILES string of the molecule is CC(C)(C)OC(=O)NCCCC(=O)Nc1cccnc1. The monoisotopic (exact) mass is 279 g/mol. The number of ether oxygens (including phenoxy) is 1. The van der Waals surface area contributed by atoms with Crippen LogP contribution in [-0.2, 0) is 9.53 Å². The van der Waals surface area contributed by atoms with E-state index in [1.807, 2.05) is 0 Å². The number of amides is 2. The summed E-state index contributed by atoms with van der Waals surface area (Å²) in [6.45, 7) is 5.80. The molecule has 20 heavy (non-hydrogen) atoms. The number of pyridine rings is 1. The minimum atomic E-state index is -0.512. The maximum absolute atomic E-state index is 11.6. The van der Waals surface area contributed by atoms with Gasteiger partial charge in [-0.1, -0.05) is 0 Å². The highest BCUT2D eigenvalue weighted by molar-refractivity contribution is 5.90. The van der Waals surface area contributed by atoms with E-state index in [0.717, 1.165) is 0 Å². The van der Waals surface area contributed by atoms with Gasteiger partial charge in [-0.2, -0.15) is 0 Å². The first-order valence-electron chi connectivity index (χ1n) is 6.53. The third kappa shape index (κ3) is 7.35. The van der Waals surface area contributed by atoms with Crippen molar-refractivity contribution in [2.75, 3.05) is 11.9 Å². The Kier molecular flexibility index (Phi) is 5.96.